The molecule has 0 aliphatic carbocycles. The zero-order valence-corrected chi connectivity index (χ0v) is 11.7. The molecule has 19 heavy (non-hydrogen) atoms. The van der Waals surface area contributed by atoms with Crippen LogP contribution in [-0.4, -0.2) is 41.0 Å². The molecule has 1 saturated heterocycles. The molecule has 1 heterocycles. The summed E-state index contributed by atoms with van der Waals surface area (Å²) < 4.78 is 0. The Morgan fingerprint density at radius 3 is 2.32 bits per heavy atom. The van der Waals surface area contributed by atoms with Gasteiger partial charge in [0.1, 0.15) is 0 Å². The van der Waals surface area contributed by atoms with Gasteiger partial charge in [0.25, 0.3) is 0 Å². The minimum absolute atomic E-state index is 0.0719. The van der Waals surface area contributed by atoms with Crippen LogP contribution in [0.4, 0.5) is 0 Å². The average molecular weight is 261 g/mol. The lowest BCUT2D eigenvalue weighted by Gasteiger charge is -2.36. The maximum Gasteiger partial charge on any atom is 0.179 e. The van der Waals surface area contributed by atoms with Gasteiger partial charge in [-0.05, 0) is 45.7 Å². The van der Waals surface area contributed by atoms with Gasteiger partial charge in [0.05, 0.1) is 12.1 Å². The van der Waals surface area contributed by atoms with Gasteiger partial charge in [0.2, 0.25) is 0 Å². The largest absolute Gasteiger partial charge is 0.393 e. The van der Waals surface area contributed by atoms with E-state index in [1.54, 1.807) is 0 Å². The lowest BCUT2D eigenvalue weighted by Crippen LogP contribution is -2.45. The van der Waals surface area contributed by atoms with Crippen LogP contribution in [0.5, 0.6) is 0 Å². The molecule has 0 bridgehead atoms. The van der Waals surface area contributed by atoms with Gasteiger partial charge in [0, 0.05) is 5.56 Å². The summed E-state index contributed by atoms with van der Waals surface area (Å²) in [7, 11) is 0. The van der Waals surface area contributed by atoms with Crippen molar-refractivity contribution in [1.82, 2.24) is 4.90 Å². The molecule has 0 radical (unpaired) electrons. The fourth-order valence-corrected chi connectivity index (χ4v) is 2.80. The normalized spacial score (nSPS) is 21.0. The first-order valence-electron chi connectivity index (χ1n) is 7.11. The van der Waals surface area contributed by atoms with E-state index in [1.807, 2.05) is 44.2 Å². The van der Waals surface area contributed by atoms with Gasteiger partial charge in [-0.2, -0.15) is 0 Å². The Labute approximate surface area is 115 Å². The highest BCUT2D eigenvalue weighted by molar-refractivity contribution is 5.99. The zero-order chi connectivity index (χ0) is 13.8. The van der Waals surface area contributed by atoms with Gasteiger partial charge in [-0.15, -0.1) is 0 Å². The summed E-state index contributed by atoms with van der Waals surface area (Å²) in [4.78, 5) is 14.6. The second kappa shape index (κ2) is 6.31. The van der Waals surface area contributed by atoms with Crippen LogP contribution in [0.15, 0.2) is 30.3 Å². The third kappa shape index (κ3) is 3.43. The van der Waals surface area contributed by atoms with Crippen molar-refractivity contribution in [3.05, 3.63) is 35.9 Å². The number of carbonyl (C=O) groups is 1. The van der Waals surface area contributed by atoms with Gasteiger partial charge in [-0.3, -0.25) is 9.69 Å². The van der Waals surface area contributed by atoms with E-state index in [4.69, 9.17) is 0 Å². The predicted octanol–water partition coefficient (Wildman–Crippen LogP) is 2.35. The molecule has 0 spiro atoms. The Hall–Kier alpha value is -1.19. The van der Waals surface area contributed by atoms with Crippen LogP contribution in [0.1, 0.15) is 37.0 Å². The van der Waals surface area contributed by atoms with Crippen LogP contribution in [-0.2, 0) is 0 Å². The summed E-state index contributed by atoms with van der Waals surface area (Å²) in [5.41, 5.74) is 0.785. The first-order valence-corrected chi connectivity index (χ1v) is 7.11. The molecular formula is C16H23NO2. The van der Waals surface area contributed by atoms with Crippen LogP contribution >= 0.6 is 0 Å². The van der Waals surface area contributed by atoms with Gasteiger partial charge in [0.15, 0.2) is 5.78 Å². The fourth-order valence-electron chi connectivity index (χ4n) is 2.80. The van der Waals surface area contributed by atoms with E-state index in [1.165, 1.54) is 0 Å². The monoisotopic (exact) mass is 261 g/mol. The molecule has 1 aromatic rings. The van der Waals surface area contributed by atoms with E-state index in [0.29, 0.717) is 5.92 Å². The van der Waals surface area contributed by atoms with E-state index in [2.05, 4.69) is 4.90 Å². The number of ketones is 1. The molecule has 1 aliphatic rings. The number of aliphatic hydroxyl groups is 1. The topological polar surface area (TPSA) is 40.5 Å². The SMILES string of the molecule is CC(O)C1CCN(C(C)C(=O)c2ccccc2)CC1. The van der Waals surface area contributed by atoms with Gasteiger partial charge < -0.3 is 5.11 Å². The molecule has 1 aliphatic heterocycles. The molecule has 0 saturated carbocycles. The highest BCUT2D eigenvalue weighted by Crippen LogP contribution is 2.22. The first kappa shape index (κ1) is 14.2. The molecule has 0 aromatic heterocycles. The Morgan fingerprint density at radius 2 is 1.79 bits per heavy atom. The number of carbonyl (C=O) groups excluding carboxylic acids is 1. The minimum Gasteiger partial charge on any atom is -0.393 e. The third-order valence-electron chi connectivity index (χ3n) is 4.24. The van der Waals surface area contributed by atoms with Gasteiger partial charge in [-0.1, -0.05) is 30.3 Å². The van der Waals surface area contributed by atoms with Crippen LogP contribution in [0.2, 0.25) is 0 Å². The molecular weight excluding hydrogens is 238 g/mol. The molecule has 0 amide bonds. The van der Waals surface area contributed by atoms with E-state index in [-0.39, 0.29) is 17.9 Å². The van der Waals surface area contributed by atoms with Crippen molar-refractivity contribution >= 4 is 5.78 Å². The first-order chi connectivity index (χ1) is 9.09. The quantitative estimate of drug-likeness (QED) is 0.846. The van der Waals surface area contributed by atoms with Crippen LogP contribution < -0.4 is 0 Å². The number of rotatable bonds is 4. The Morgan fingerprint density at radius 1 is 1.21 bits per heavy atom. The molecule has 104 valence electrons. The van der Waals surface area contributed by atoms with E-state index < -0.39 is 0 Å². The molecule has 1 aromatic carbocycles. The molecule has 3 nitrogen and oxygen atoms in total. The second-order valence-electron chi connectivity index (χ2n) is 5.52. The number of nitrogens with zero attached hydrogens (tertiary/aromatic N) is 1. The smallest absolute Gasteiger partial charge is 0.179 e. The molecule has 1 N–H and O–H groups in total. The van der Waals surface area contributed by atoms with Gasteiger partial charge in [-0.25, -0.2) is 0 Å². The van der Waals surface area contributed by atoms with Crippen LogP contribution in [0.3, 0.4) is 0 Å². The number of likely N-dealkylation sites (tertiary alicyclic amines) is 1. The maximum absolute atomic E-state index is 12.4. The number of aliphatic hydroxyl groups excluding tert-OH is 1. The van der Waals surface area contributed by atoms with Crippen molar-refractivity contribution in [3.63, 3.8) is 0 Å². The molecule has 1 fully saturated rings. The van der Waals surface area contributed by atoms with Crippen molar-refractivity contribution in [2.75, 3.05) is 13.1 Å². The summed E-state index contributed by atoms with van der Waals surface area (Å²) in [5.74, 6) is 0.575. The van der Waals surface area contributed by atoms with E-state index >= 15 is 0 Å². The van der Waals surface area contributed by atoms with Crippen molar-refractivity contribution in [3.8, 4) is 0 Å². The zero-order valence-electron chi connectivity index (χ0n) is 11.7. The van der Waals surface area contributed by atoms with Crippen LogP contribution in [0, 0.1) is 5.92 Å². The second-order valence-corrected chi connectivity index (χ2v) is 5.52. The van der Waals surface area contributed by atoms with E-state index in [9.17, 15) is 9.90 Å². The number of hydrogen-bond donors (Lipinski definition) is 1. The summed E-state index contributed by atoms with van der Waals surface area (Å²) in [5, 5.41) is 9.60. The highest BCUT2D eigenvalue weighted by Gasteiger charge is 2.28. The van der Waals surface area contributed by atoms with Gasteiger partial charge >= 0.3 is 0 Å². The standard InChI is InChI=1S/C16H23NO2/c1-12(16(19)15-6-4-3-5-7-15)17-10-8-14(9-11-17)13(2)18/h3-7,12-14,18H,8-11H2,1-2H3. The predicted molar refractivity (Wildman–Crippen MR) is 76.2 cm³/mol. The van der Waals surface area contributed by atoms with Crippen molar-refractivity contribution in [2.24, 2.45) is 5.92 Å². The summed E-state index contributed by atoms with van der Waals surface area (Å²) in [6, 6.07) is 9.41. The fraction of sp³-hybridized carbons (Fsp3) is 0.562. The Bertz CT molecular complexity index is 408. The van der Waals surface area contributed by atoms with Crippen molar-refractivity contribution < 1.29 is 9.90 Å². The maximum atomic E-state index is 12.4. The lowest BCUT2D eigenvalue weighted by molar-refractivity contribution is 0.0527. The summed E-state index contributed by atoms with van der Waals surface area (Å²) >= 11 is 0. The van der Waals surface area contributed by atoms with Crippen molar-refractivity contribution in [2.45, 2.75) is 38.8 Å². The number of piperidine rings is 1. The highest BCUT2D eigenvalue weighted by atomic mass is 16.3. The van der Waals surface area contributed by atoms with E-state index in [0.717, 1.165) is 31.5 Å². The third-order valence-corrected chi connectivity index (χ3v) is 4.24. The number of Topliss-reactive ketones (excluding diaryl/α,β-unsaturated/α-hetero) is 1. The number of benzene rings is 1. The number of hydrogen-bond acceptors (Lipinski definition) is 3. The van der Waals surface area contributed by atoms with Crippen molar-refractivity contribution in [1.29, 1.82) is 0 Å². The Kier molecular flexibility index (Phi) is 4.72. The summed E-state index contributed by atoms with van der Waals surface area (Å²) in [6.45, 7) is 5.64. The molecule has 3 heteroatoms. The molecule has 2 atom stereocenters. The Balaban J connectivity index is 1.94. The molecule has 2 unspecified atom stereocenters. The molecule has 2 rings (SSSR count). The average Bonchev–Trinajstić information content (AvgIpc) is 2.46. The minimum atomic E-state index is -0.234. The lowest BCUT2D eigenvalue weighted by atomic mass is 9.91. The van der Waals surface area contributed by atoms with Crippen LogP contribution in [0.25, 0.3) is 0 Å². The summed E-state index contributed by atoms with van der Waals surface area (Å²) in [6.07, 6.45) is 1.72.